The molecule has 2 amide bonds. The van der Waals surface area contributed by atoms with Crippen LogP contribution in [0, 0.1) is 11.8 Å². The second kappa shape index (κ2) is 6.38. The highest BCUT2D eigenvalue weighted by molar-refractivity contribution is 9.10. The number of amides is 2. The van der Waals surface area contributed by atoms with Crippen LogP contribution in [0.4, 0.5) is 5.69 Å². The third-order valence-electron chi connectivity index (χ3n) is 4.53. The highest BCUT2D eigenvalue weighted by Crippen LogP contribution is 2.29. The molecule has 6 heteroatoms. The second-order valence-electron chi connectivity index (χ2n) is 6.06. The Morgan fingerprint density at radius 3 is 2.86 bits per heavy atom. The van der Waals surface area contributed by atoms with E-state index in [1.807, 2.05) is 29.2 Å². The first-order valence-corrected chi connectivity index (χ1v) is 8.42. The van der Waals surface area contributed by atoms with Crippen molar-refractivity contribution in [2.75, 3.05) is 31.1 Å². The number of rotatable bonds is 3. The van der Waals surface area contributed by atoms with Crippen molar-refractivity contribution >= 4 is 33.4 Å². The molecule has 0 aromatic heterocycles. The summed E-state index contributed by atoms with van der Waals surface area (Å²) in [5.41, 5.74) is 6.52. The Morgan fingerprint density at radius 1 is 1.36 bits per heavy atom. The maximum absolute atomic E-state index is 12.6. The number of halogens is 1. The first kappa shape index (κ1) is 15.5. The van der Waals surface area contributed by atoms with Gasteiger partial charge in [-0.2, -0.15) is 0 Å². The zero-order valence-corrected chi connectivity index (χ0v) is 14.0. The monoisotopic (exact) mass is 365 g/mol. The van der Waals surface area contributed by atoms with Crippen molar-refractivity contribution in [3.05, 3.63) is 28.7 Å². The fourth-order valence-electron chi connectivity index (χ4n) is 3.25. The number of likely N-dealkylation sites (tertiary alicyclic amines) is 1. The van der Waals surface area contributed by atoms with Gasteiger partial charge in [0.1, 0.15) is 0 Å². The van der Waals surface area contributed by atoms with Crippen molar-refractivity contribution in [3.63, 3.8) is 0 Å². The molecule has 0 aliphatic carbocycles. The summed E-state index contributed by atoms with van der Waals surface area (Å²) in [6.07, 6.45) is 1.27. The fraction of sp³-hybridized carbons (Fsp3) is 0.500. The Labute approximate surface area is 138 Å². The number of carbonyl (C=O) groups is 2. The molecule has 2 aliphatic rings. The molecule has 0 saturated carbocycles. The highest BCUT2D eigenvalue weighted by Gasteiger charge is 2.38. The highest BCUT2D eigenvalue weighted by atomic mass is 79.9. The molecule has 2 heterocycles. The Hall–Kier alpha value is -1.40. The van der Waals surface area contributed by atoms with E-state index in [-0.39, 0.29) is 17.7 Å². The van der Waals surface area contributed by atoms with Crippen molar-refractivity contribution in [1.29, 1.82) is 0 Å². The van der Waals surface area contributed by atoms with E-state index in [2.05, 4.69) is 15.9 Å². The molecule has 2 atom stereocenters. The lowest BCUT2D eigenvalue weighted by atomic mass is 10.1. The van der Waals surface area contributed by atoms with Gasteiger partial charge in [0, 0.05) is 36.2 Å². The van der Waals surface area contributed by atoms with Gasteiger partial charge in [0.2, 0.25) is 11.8 Å². The summed E-state index contributed by atoms with van der Waals surface area (Å²) in [4.78, 5) is 28.4. The molecular formula is C16H20BrN3O2. The zero-order chi connectivity index (χ0) is 15.7. The number of nitrogens with two attached hydrogens (primary N) is 1. The Bertz CT molecular complexity index is 593. The van der Waals surface area contributed by atoms with Crippen LogP contribution in [0.15, 0.2) is 28.7 Å². The second-order valence-corrected chi connectivity index (χ2v) is 6.98. The molecule has 2 aliphatic heterocycles. The van der Waals surface area contributed by atoms with Crippen LogP contribution in [0.3, 0.4) is 0 Å². The minimum absolute atomic E-state index is 0.0195. The van der Waals surface area contributed by atoms with Gasteiger partial charge in [-0.1, -0.05) is 22.0 Å². The molecule has 3 rings (SSSR count). The van der Waals surface area contributed by atoms with Crippen molar-refractivity contribution in [2.45, 2.75) is 12.8 Å². The van der Waals surface area contributed by atoms with Gasteiger partial charge < -0.3 is 15.5 Å². The average Bonchev–Trinajstić information content (AvgIpc) is 3.13. The molecule has 5 nitrogen and oxygen atoms in total. The van der Waals surface area contributed by atoms with E-state index in [9.17, 15) is 9.59 Å². The normalized spacial score (nSPS) is 25.1. The number of benzene rings is 1. The Morgan fingerprint density at radius 2 is 2.18 bits per heavy atom. The summed E-state index contributed by atoms with van der Waals surface area (Å²) in [5.74, 6) is 0.290. The lowest BCUT2D eigenvalue weighted by molar-refractivity contribution is -0.134. The molecule has 2 unspecified atom stereocenters. The number of hydrogen-bond donors (Lipinski definition) is 1. The molecule has 2 fully saturated rings. The van der Waals surface area contributed by atoms with Gasteiger partial charge in [-0.05, 0) is 37.1 Å². The third-order valence-corrected chi connectivity index (χ3v) is 5.02. The third kappa shape index (κ3) is 3.03. The van der Waals surface area contributed by atoms with Crippen LogP contribution in [0.1, 0.15) is 12.8 Å². The number of hydrogen-bond acceptors (Lipinski definition) is 3. The zero-order valence-electron chi connectivity index (χ0n) is 12.4. The molecule has 0 radical (unpaired) electrons. The summed E-state index contributed by atoms with van der Waals surface area (Å²) >= 11 is 3.42. The fourth-order valence-corrected chi connectivity index (χ4v) is 3.64. The van der Waals surface area contributed by atoms with E-state index in [1.54, 1.807) is 4.90 Å². The predicted octanol–water partition coefficient (Wildman–Crippen LogP) is 1.61. The van der Waals surface area contributed by atoms with E-state index in [0.717, 1.165) is 29.7 Å². The molecule has 1 aromatic carbocycles. The summed E-state index contributed by atoms with van der Waals surface area (Å²) < 4.78 is 0.929. The van der Waals surface area contributed by atoms with Crippen LogP contribution in [-0.2, 0) is 9.59 Å². The SMILES string of the molecule is NCC1CCN(C(=O)C2CC(=O)N(c3cccc(Br)c3)C2)C1. The molecule has 2 N–H and O–H groups in total. The molecule has 22 heavy (non-hydrogen) atoms. The molecule has 0 spiro atoms. The maximum Gasteiger partial charge on any atom is 0.228 e. The van der Waals surface area contributed by atoms with Gasteiger partial charge in [-0.3, -0.25) is 9.59 Å². The maximum atomic E-state index is 12.6. The average molecular weight is 366 g/mol. The minimum atomic E-state index is -0.233. The first-order chi connectivity index (χ1) is 10.6. The number of carbonyl (C=O) groups excluding carboxylic acids is 2. The molecular weight excluding hydrogens is 346 g/mol. The Kier molecular flexibility index (Phi) is 4.49. The Balaban J connectivity index is 1.68. The van der Waals surface area contributed by atoms with E-state index >= 15 is 0 Å². The van der Waals surface area contributed by atoms with Crippen LogP contribution in [0.5, 0.6) is 0 Å². The van der Waals surface area contributed by atoms with Gasteiger partial charge in [0.25, 0.3) is 0 Å². The van der Waals surface area contributed by atoms with E-state index in [1.165, 1.54) is 0 Å². The summed E-state index contributed by atoms with van der Waals surface area (Å²) in [6, 6.07) is 7.62. The molecule has 118 valence electrons. The topological polar surface area (TPSA) is 66.6 Å². The quantitative estimate of drug-likeness (QED) is 0.884. The number of anilines is 1. The predicted molar refractivity (Wildman–Crippen MR) is 88.3 cm³/mol. The van der Waals surface area contributed by atoms with Gasteiger partial charge in [0.15, 0.2) is 0 Å². The van der Waals surface area contributed by atoms with Crippen molar-refractivity contribution < 1.29 is 9.59 Å². The molecule has 0 bridgehead atoms. The van der Waals surface area contributed by atoms with Gasteiger partial charge in [-0.15, -0.1) is 0 Å². The van der Waals surface area contributed by atoms with Crippen LogP contribution in [0.25, 0.3) is 0 Å². The number of nitrogens with zero attached hydrogens (tertiary/aromatic N) is 2. The van der Waals surface area contributed by atoms with E-state index < -0.39 is 0 Å². The smallest absolute Gasteiger partial charge is 0.228 e. The molecule has 2 saturated heterocycles. The summed E-state index contributed by atoms with van der Waals surface area (Å²) in [7, 11) is 0. The van der Waals surface area contributed by atoms with Crippen molar-refractivity contribution in [1.82, 2.24) is 4.90 Å². The van der Waals surface area contributed by atoms with E-state index in [0.29, 0.717) is 25.4 Å². The van der Waals surface area contributed by atoms with Gasteiger partial charge in [0.05, 0.1) is 5.92 Å². The standard InChI is InChI=1S/C16H20BrN3O2/c17-13-2-1-3-14(7-13)20-10-12(6-15(20)21)16(22)19-5-4-11(8-18)9-19/h1-3,7,11-12H,4-6,8-10,18H2. The summed E-state index contributed by atoms with van der Waals surface area (Å²) in [5, 5.41) is 0. The lowest BCUT2D eigenvalue weighted by Crippen LogP contribution is -2.36. The van der Waals surface area contributed by atoms with E-state index in [4.69, 9.17) is 5.73 Å². The van der Waals surface area contributed by atoms with Crippen LogP contribution in [0.2, 0.25) is 0 Å². The molecule has 1 aromatic rings. The van der Waals surface area contributed by atoms with Crippen molar-refractivity contribution in [2.24, 2.45) is 17.6 Å². The van der Waals surface area contributed by atoms with Crippen LogP contribution < -0.4 is 10.6 Å². The van der Waals surface area contributed by atoms with Gasteiger partial charge >= 0.3 is 0 Å². The van der Waals surface area contributed by atoms with Crippen molar-refractivity contribution in [3.8, 4) is 0 Å². The minimum Gasteiger partial charge on any atom is -0.342 e. The largest absolute Gasteiger partial charge is 0.342 e. The first-order valence-electron chi connectivity index (χ1n) is 7.63. The van der Waals surface area contributed by atoms with Crippen LogP contribution in [-0.4, -0.2) is 42.9 Å². The van der Waals surface area contributed by atoms with Gasteiger partial charge in [-0.25, -0.2) is 0 Å². The van der Waals surface area contributed by atoms with Crippen LogP contribution >= 0.6 is 15.9 Å². The summed E-state index contributed by atoms with van der Waals surface area (Å²) in [6.45, 7) is 2.59. The lowest BCUT2D eigenvalue weighted by Gasteiger charge is -2.21.